The van der Waals surface area contributed by atoms with Gasteiger partial charge in [-0.05, 0) is 24.6 Å². The Kier molecular flexibility index (Phi) is 3.18. The van der Waals surface area contributed by atoms with E-state index in [2.05, 4.69) is 14.7 Å². The Morgan fingerprint density at radius 3 is 2.00 bits per heavy atom. The average molecular weight is 254 g/mol. The Labute approximate surface area is 101 Å². The largest absolute Gasteiger partial charge is 0.573 e. The van der Waals surface area contributed by atoms with Gasteiger partial charge in [0.25, 0.3) is 0 Å². The average Bonchev–Trinajstić information content (AvgIpc) is 2.29. The van der Waals surface area contributed by atoms with E-state index in [-0.39, 0.29) is 5.75 Å². The number of hydrogen-bond acceptors (Lipinski definition) is 3. The number of halogens is 3. The Hall–Kier alpha value is -2.11. The van der Waals surface area contributed by atoms with E-state index in [9.17, 15) is 13.2 Å². The lowest BCUT2D eigenvalue weighted by molar-refractivity contribution is -0.274. The van der Waals surface area contributed by atoms with Gasteiger partial charge in [-0.25, -0.2) is 9.97 Å². The second kappa shape index (κ2) is 4.64. The predicted octanol–water partition coefficient (Wildman–Crippen LogP) is 3.35. The molecular formula is C12H9F3N2O. The fourth-order valence-corrected chi connectivity index (χ4v) is 1.39. The molecule has 1 heterocycles. The van der Waals surface area contributed by atoms with Crippen molar-refractivity contribution in [2.24, 2.45) is 0 Å². The maximum atomic E-state index is 12.0. The van der Waals surface area contributed by atoms with Gasteiger partial charge in [0.1, 0.15) is 11.6 Å². The molecule has 0 radical (unpaired) electrons. The molecule has 0 spiro atoms. The van der Waals surface area contributed by atoms with E-state index >= 15 is 0 Å². The number of ether oxygens (including phenoxy) is 1. The Morgan fingerprint density at radius 2 is 1.50 bits per heavy atom. The molecule has 0 aliphatic carbocycles. The van der Waals surface area contributed by atoms with Gasteiger partial charge in [0.2, 0.25) is 0 Å². The molecule has 1 aromatic heterocycles. The van der Waals surface area contributed by atoms with E-state index < -0.39 is 6.36 Å². The Balaban J connectivity index is 2.20. The number of rotatable bonds is 2. The summed E-state index contributed by atoms with van der Waals surface area (Å²) in [6, 6.07) is 5.55. The van der Waals surface area contributed by atoms with E-state index in [0.29, 0.717) is 5.82 Å². The monoisotopic (exact) mass is 254 g/mol. The smallest absolute Gasteiger partial charge is 0.406 e. The van der Waals surface area contributed by atoms with Crippen molar-refractivity contribution >= 4 is 0 Å². The molecule has 1 aromatic carbocycles. The molecule has 0 bridgehead atoms. The second-order valence-electron chi connectivity index (χ2n) is 3.59. The minimum Gasteiger partial charge on any atom is -0.406 e. The van der Waals surface area contributed by atoms with Crippen molar-refractivity contribution in [2.45, 2.75) is 13.3 Å². The molecule has 2 rings (SSSR count). The van der Waals surface area contributed by atoms with Crippen LogP contribution in [0.1, 0.15) is 5.82 Å². The van der Waals surface area contributed by atoms with Crippen molar-refractivity contribution in [1.82, 2.24) is 9.97 Å². The van der Waals surface area contributed by atoms with E-state index in [0.717, 1.165) is 11.1 Å². The number of hydrogen-bond donors (Lipinski definition) is 0. The summed E-state index contributed by atoms with van der Waals surface area (Å²) < 4.78 is 39.7. The number of nitrogens with zero attached hydrogens (tertiary/aromatic N) is 2. The highest BCUT2D eigenvalue weighted by molar-refractivity contribution is 5.62. The topological polar surface area (TPSA) is 35.0 Å². The number of aryl methyl sites for hydroxylation is 1. The van der Waals surface area contributed by atoms with Gasteiger partial charge in [-0.2, -0.15) is 0 Å². The van der Waals surface area contributed by atoms with Gasteiger partial charge in [0.05, 0.1) is 0 Å². The predicted molar refractivity (Wildman–Crippen MR) is 58.9 cm³/mol. The number of benzene rings is 1. The summed E-state index contributed by atoms with van der Waals surface area (Å²) >= 11 is 0. The van der Waals surface area contributed by atoms with Crippen LogP contribution in [0.5, 0.6) is 5.75 Å². The van der Waals surface area contributed by atoms with Crippen molar-refractivity contribution in [3.8, 4) is 16.9 Å². The fraction of sp³-hybridized carbons (Fsp3) is 0.167. The van der Waals surface area contributed by atoms with Crippen LogP contribution in [0.4, 0.5) is 13.2 Å². The molecule has 6 heteroatoms. The van der Waals surface area contributed by atoms with E-state index in [4.69, 9.17) is 0 Å². The normalized spacial score (nSPS) is 11.3. The van der Waals surface area contributed by atoms with Crippen LogP contribution in [0, 0.1) is 6.92 Å². The van der Waals surface area contributed by atoms with Gasteiger partial charge >= 0.3 is 6.36 Å². The zero-order valence-corrected chi connectivity index (χ0v) is 9.40. The van der Waals surface area contributed by atoms with Gasteiger partial charge in [0, 0.05) is 18.0 Å². The Bertz CT molecular complexity index is 521. The van der Waals surface area contributed by atoms with Crippen molar-refractivity contribution < 1.29 is 17.9 Å². The molecule has 0 unspecified atom stereocenters. The molecule has 0 fully saturated rings. The highest BCUT2D eigenvalue weighted by Gasteiger charge is 2.30. The molecule has 3 nitrogen and oxygen atoms in total. The highest BCUT2D eigenvalue weighted by Crippen LogP contribution is 2.25. The van der Waals surface area contributed by atoms with E-state index in [1.165, 1.54) is 24.3 Å². The first-order chi connectivity index (χ1) is 8.44. The summed E-state index contributed by atoms with van der Waals surface area (Å²) in [6.07, 6.45) is -1.45. The Morgan fingerprint density at radius 1 is 0.944 bits per heavy atom. The molecule has 2 aromatic rings. The molecule has 0 saturated carbocycles. The van der Waals surface area contributed by atoms with Crippen LogP contribution >= 0.6 is 0 Å². The summed E-state index contributed by atoms with van der Waals surface area (Å²) in [5.74, 6) is 0.384. The second-order valence-corrected chi connectivity index (χ2v) is 3.59. The van der Waals surface area contributed by atoms with Crippen molar-refractivity contribution in [2.75, 3.05) is 0 Å². The van der Waals surface area contributed by atoms with Gasteiger partial charge in [-0.1, -0.05) is 12.1 Å². The van der Waals surface area contributed by atoms with Crippen LogP contribution < -0.4 is 4.74 Å². The lowest BCUT2D eigenvalue weighted by Crippen LogP contribution is -2.16. The van der Waals surface area contributed by atoms with Crippen LogP contribution in [0.15, 0.2) is 36.7 Å². The molecule has 0 saturated heterocycles. The van der Waals surface area contributed by atoms with Crippen LogP contribution in [0.3, 0.4) is 0 Å². The summed E-state index contributed by atoms with van der Waals surface area (Å²) in [7, 11) is 0. The minimum atomic E-state index is -4.67. The standard InChI is InChI=1S/C12H9F3N2O/c1-8-16-6-10(7-17-8)9-2-4-11(5-3-9)18-12(13,14)15/h2-7H,1H3. The highest BCUT2D eigenvalue weighted by atomic mass is 19.4. The first-order valence-corrected chi connectivity index (χ1v) is 5.09. The van der Waals surface area contributed by atoms with Gasteiger partial charge in [-0.15, -0.1) is 13.2 Å². The van der Waals surface area contributed by atoms with Crippen molar-refractivity contribution in [3.05, 3.63) is 42.5 Å². The molecule has 0 atom stereocenters. The SMILES string of the molecule is Cc1ncc(-c2ccc(OC(F)(F)F)cc2)cn1. The van der Waals surface area contributed by atoms with Crippen LogP contribution in [0.25, 0.3) is 11.1 Å². The molecule has 0 aliphatic heterocycles. The molecular weight excluding hydrogens is 245 g/mol. The van der Waals surface area contributed by atoms with Gasteiger partial charge < -0.3 is 4.74 Å². The number of alkyl halides is 3. The maximum Gasteiger partial charge on any atom is 0.573 e. The van der Waals surface area contributed by atoms with E-state index in [1.54, 1.807) is 19.3 Å². The fourth-order valence-electron chi connectivity index (χ4n) is 1.39. The van der Waals surface area contributed by atoms with Crippen LogP contribution in [-0.2, 0) is 0 Å². The first-order valence-electron chi connectivity index (χ1n) is 5.09. The third-order valence-electron chi connectivity index (χ3n) is 2.20. The lowest BCUT2D eigenvalue weighted by Gasteiger charge is -2.09. The minimum absolute atomic E-state index is 0.251. The zero-order valence-electron chi connectivity index (χ0n) is 9.40. The molecule has 94 valence electrons. The summed E-state index contributed by atoms with van der Waals surface area (Å²) in [4.78, 5) is 8.03. The number of aromatic nitrogens is 2. The quantitative estimate of drug-likeness (QED) is 0.824. The molecule has 0 amide bonds. The third kappa shape index (κ3) is 3.19. The van der Waals surface area contributed by atoms with Crippen LogP contribution in [-0.4, -0.2) is 16.3 Å². The molecule has 0 aliphatic rings. The van der Waals surface area contributed by atoms with Gasteiger partial charge in [0.15, 0.2) is 0 Å². The van der Waals surface area contributed by atoms with Gasteiger partial charge in [-0.3, -0.25) is 0 Å². The van der Waals surface area contributed by atoms with E-state index in [1.807, 2.05) is 0 Å². The molecule has 0 N–H and O–H groups in total. The lowest BCUT2D eigenvalue weighted by atomic mass is 10.1. The van der Waals surface area contributed by atoms with Crippen molar-refractivity contribution in [1.29, 1.82) is 0 Å². The molecule has 18 heavy (non-hydrogen) atoms. The third-order valence-corrected chi connectivity index (χ3v) is 2.20. The summed E-state index contributed by atoms with van der Waals surface area (Å²) in [5, 5.41) is 0. The summed E-state index contributed by atoms with van der Waals surface area (Å²) in [6.45, 7) is 1.75. The summed E-state index contributed by atoms with van der Waals surface area (Å²) in [5.41, 5.74) is 1.46. The maximum absolute atomic E-state index is 12.0. The van der Waals surface area contributed by atoms with Crippen molar-refractivity contribution in [3.63, 3.8) is 0 Å². The van der Waals surface area contributed by atoms with Crippen LogP contribution in [0.2, 0.25) is 0 Å². The first kappa shape index (κ1) is 12.3. The zero-order chi connectivity index (χ0) is 13.2.